The summed E-state index contributed by atoms with van der Waals surface area (Å²) in [6.45, 7) is 0. The summed E-state index contributed by atoms with van der Waals surface area (Å²) in [5.41, 5.74) is 5.49. The maximum Gasteiger partial charge on any atom is 0.397 e. The molecule has 4 nitrogen and oxygen atoms in total. The summed E-state index contributed by atoms with van der Waals surface area (Å²) in [6, 6.07) is 2.94. The molecular weight excluding hydrogens is 211 g/mol. The van der Waals surface area contributed by atoms with E-state index in [4.69, 9.17) is 5.73 Å². The fraction of sp³-hybridized carbons (Fsp3) is 0.250. The van der Waals surface area contributed by atoms with E-state index < -0.39 is 18.5 Å². The number of hydrogen-bond donors (Lipinski definition) is 2. The third kappa shape index (κ3) is 3.84. The minimum atomic E-state index is -4.53. The zero-order chi connectivity index (χ0) is 11.5. The van der Waals surface area contributed by atoms with Crippen molar-refractivity contribution in [3.63, 3.8) is 0 Å². The van der Waals surface area contributed by atoms with Crippen molar-refractivity contribution in [1.82, 2.24) is 4.98 Å². The number of carbonyl (C=O) groups is 1. The van der Waals surface area contributed by atoms with Gasteiger partial charge in [0.1, 0.15) is 6.42 Å². The maximum atomic E-state index is 11.8. The zero-order valence-electron chi connectivity index (χ0n) is 7.51. The number of rotatable bonds is 2. The van der Waals surface area contributed by atoms with Gasteiger partial charge in [0.05, 0.1) is 5.69 Å². The van der Waals surface area contributed by atoms with E-state index in [1.54, 1.807) is 0 Å². The van der Waals surface area contributed by atoms with Gasteiger partial charge in [0.25, 0.3) is 0 Å². The Hall–Kier alpha value is -1.79. The molecule has 0 atom stereocenters. The van der Waals surface area contributed by atoms with Gasteiger partial charge < -0.3 is 11.1 Å². The maximum absolute atomic E-state index is 11.8. The first-order valence-corrected chi connectivity index (χ1v) is 3.95. The summed E-state index contributed by atoms with van der Waals surface area (Å²) in [7, 11) is 0. The molecule has 82 valence electrons. The topological polar surface area (TPSA) is 68.0 Å². The number of nitrogen functional groups attached to an aromatic ring is 1. The van der Waals surface area contributed by atoms with Gasteiger partial charge in [0.2, 0.25) is 5.91 Å². The van der Waals surface area contributed by atoms with Crippen molar-refractivity contribution in [1.29, 1.82) is 0 Å². The highest BCUT2D eigenvalue weighted by Gasteiger charge is 2.31. The molecule has 0 aliphatic rings. The standard InChI is InChI=1S/C8H8F3N3O/c9-8(10,11)4-6(15)14-7-5(12)2-1-3-13-7/h1-3H,4,12H2,(H,13,14,15). The van der Waals surface area contributed by atoms with E-state index in [1.807, 2.05) is 5.32 Å². The molecule has 15 heavy (non-hydrogen) atoms. The molecule has 0 radical (unpaired) electrons. The molecule has 0 spiro atoms. The van der Waals surface area contributed by atoms with Crippen LogP contribution in [0.1, 0.15) is 6.42 Å². The van der Waals surface area contributed by atoms with Crippen molar-refractivity contribution in [2.24, 2.45) is 0 Å². The van der Waals surface area contributed by atoms with E-state index in [1.165, 1.54) is 18.3 Å². The lowest BCUT2D eigenvalue weighted by Crippen LogP contribution is -2.22. The summed E-state index contributed by atoms with van der Waals surface area (Å²) in [5.74, 6) is -1.25. The minimum Gasteiger partial charge on any atom is -0.396 e. The number of nitrogens with one attached hydrogen (secondary N) is 1. The molecule has 0 fully saturated rings. The van der Waals surface area contributed by atoms with Crippen molar-refractivity contribution < 1.29 is 18.0 Å². The summed E-state index contributed by atoms with van der Waals surface area (Å²) >= 11 is 0. The molecular formula is C8H8F3N3O. The van der Waals surface area contributed by atoms with Crippen LogP contribution in [-0.4, -0.2) is 17.1 Å². The lowest BCUT2D eigenvalue weighted by atomic mass is 10.3. The first-order valence-electron chi connectivity index (χ1n) is 3.95. The first kappa shape index (κ1) is 11.3. The van der Waals surface area contributed by atoms with Crippen molar-refractivity contribution in [2.75, 3.05) is 11.1 Å². The zero-order valence-corrected chi connectivity index (χ0v) is 7.51. The fourth-order valence-electron chi connectivity index (χ4n) is 0.880. The Morgan fingerprint density at radius 3 is 2.73 bits per heavy atom. The van der Waals surface area contributed by atoms with Gasteiger partial charge in [-0.1, -0.05) is 0 Å². The highest BCUT2D eigenvalue weighted by molar-refractivity contribution is 5.92. The number of carbonyl (C=O) groups excluding carboxylic acids is 1. The van der Waals surface area contributed by atoms with Gasteiger partial charge >= 0.3 is 6.18 Å². The molecule has 1 aromatic heterocycles. The molecule has 0 saturated heterocycles. The third-order valence-corrected chi connectivity index (χ3v) is 1.46. The Kier molecular flexibility index (Phi) is 3.13. The number of amides is 1. The second-order valence-electron chi connectivity index (χ2n) is 2.78. The lowest BCUT2D eigenvalue weighted by molar-refractivity contribution is -0.150. The van der Waals surface area contributed by atoms with Gasteiger partial charge in [-0.05, 0) is 12.1 Å². The number of alkyl halides is 3. The number of nitrogens with two attached hydrogens (primary N) is 1. The Bertz CT molecular complexity index is 364. The lowest BCUT2D eigenvalue weighted by Gasteiger charge is -2.08. The highest BCUT2D eigenvalue weighted by Crippen LogP contribution is 2.21. The molecule has 0 aromatic carbocycles. The predicted octanol–water partition coefficient (Wildman–Crippen LogP) is 1.55. The van der Waals surface area contributed by atoms with Crippen LogP contribution in [0, 0.1) is 0 Å². The average molecular weight is 219 g/mol. The Balaban J connectivity index is 2.64. The van der Waals surface area contributed by atoms with E-state index in [0.29, 0.717) is 0 Å². The van der Waals surface area contributed by atoms with Crippen LogP contribution in [0.4, 0.5) is 24.7 Å². The molecule has 0 saturated carbocycles. The number of pyridine rings is 1. The Morgan fingerprint density at radius 1 is 1.53 bits per heavy atom. The molecule has 0 aliphatic heterocycles. The van der Waals surface area contributed by atoms with Crippen molar-refractivity contribution in [3.8, 4) is 0 Å². The van der Waals surface area contributed by atoms with Crippen LogP contribution in [0.3, 0.4) is 0 Å². The molecule has 0 unspecified atom stereocenters. The minimum absolute atomic E-state index is 0.0632. The fourth-order valence-corrected chi connectivity index (χ4v) is 0.880. The smallest absolute Gasteiger partial charge is 0.396 e. The van der Waals surface area contributed by atoms with Crippen molar-refractivity contribution >= 4 is 17.4 Å². The quantitative estimate of drug-likeness (QED) is 0.792. The SMILES string of the molecule is Nc1cccnc1NC(=O)CC(F)(F)F. The number of anilines is 2. The van der Waals surface area contributed by atoms with E-state index in [0.717, 1.165) is 0 Å². The second-order valence-corrected chi connectivity index (χ2v) is 2.78. The van der Waals surface area contributed by atoms with Crippen molar-refractivity contribution in [3.05, 3.63) is 18.3 Å². The van der Waals surface area contributed by atoms with Crippen LogP contribution in [-0.2, 0) is 4.79 Å². The molecule has 0 aliphatic carbocycles. The summed E-state index contributed by atoms with van der Waals surface area (Å²) in [6.07, 6.45) is -4.77. The van der Waals surface area contributed by atoms with Gasteiger partial charge in [-0.3, -0.25) is 4.79 Å². The molecule has 1 aromatic rings. The average Bonchev–Trinajstić information content (AvgIpc) is 2.05. The largest absolute Gasteiger partial charge is 0.397 e. The van der Waals surface area contributed by atoms with Gasteiger partial charge in [-0.25, -0.2) is 4.98 Å². The molecule has 3 N–H and O–H groups in total. The van der Waals surface area contributed by atoms with E-state index in [9.17, 15) is 18.0 Å². The Morgan fingerprint density at radius 2 is 2.20 bits per heavy atom. The van der Waals surface area contributed by atoms with E-state index in [2.05, 4.69) is 4.98 Å². The van der Waals surface area contributed by atoms with Crippen LogP contribution in [0.2, 0.25) is 0 Å². The van der Waals surface area contributed by atoms with Crippen LogP contribution in [0.5, 0.6) is 0 Å². The third-order valence-electron chi connectivity index (χ3n) is 1.46. The summed E-state index contributed by atoms with van der Waals surface area (Å²) < 4.78 is 35.4. The summed E-state index contributed by atoms with van der Waals surface area (Å²) in [4.78, 5) is 14.5. The molecule has 0 bridgehead atoms. The van der Waals surface area contributed by atoms with Gasteiger partial charge in [0.15, 0.2) is 5.82 Å². The van der Waals surface area contributed by atoms with E-state index >= 15 is 0 Å². The van der Waals surface area contributed by atoms with Crippen LogP contribution in [0.25, 0.3) is 0 Å². The van der Waals surface area contributed by atoms with Gasteiger partial charge in [0, 0.05) is 6.20 Å². The van der Waals surface area contributed by atoms with Gasteiger partial charge in [-0.2, -0.15) is 13.2 Å². The first-order chi connectivity index (χ1) is 6.88. The van der Waals surface area contributed by atoms with Crippen LogP contribution >= 0.6 is 0 Å². The summed E-state index contributed by atoms with van der Waals surface area (Å²) in [5, 5.41) is 1.97. The molecule has 7 heteroatoms. The molecule has 1 amide bonds. The molecule has 1 rings (SSSR count). The number of hydrogen-bond acceptors (Lipinski definition) is 3. The van der Waals surface area contributed by atoms with Crippen LogP contribution < -0.4 is 11.1 Å². The van der Waals surface area contributed by atoms with Gasteiger partial charge in [-0.15, -0.1) is 0 Å². The number of halogens is 3. The number of nitrogens with zero attached hydrogens (tertiary/aromatic N) is 1. The normalized spacial score (nSPS) is 11.1. The van der Waals surface area contributed by atoms with Crippen LogP contribution in [0.15, 0.2) is 18.3 Å². The monoisotopic (exact) mass is 219 g/mol. The van der Waals surface area contributed by atoms with Crippen molar-refractivity contribution in [2.45, 2.75) is 12.6 Å². The molecule has 1 heterocycles. The highest BCUT2D eigenvalue weighted by atomic mass is 19.4. The van der Waals surface area contributed by atoms with E-state index in [-0.39, 0.29) is 11.5 Å². The predicted molar refractivity (Wildman–Crippen MR) is 48.0 cm³/mol. The second kappa shape index (κ2) is 4.16. The number of aromatic nitrogens is 1. The Labute approximate surface area is 83.3 Å².